The molecule has 0 aliphatic carbocycles. The minimum Gasteiger partial charge on any atom is -0.456 e. The summed E-state index contributed by atoms with van der Waals surface area (Å²) in [6, 6.07) is 62.3. The number of para-hydroxylation sites is 1. The second-order valence-electron chi connectivity index (χ2n) is 14.1. The molecule has 0 radical (unpaired) electrons. The second-order valence-corrected chi connectivity index (χ2v) is 14.1. The molecule has 54 heavy (non-hydrogen) atoms. The first-order valence-corrected chi connectivity index (χ1v) is 18.3. The van der Waals surface area contributed by atoms with Crippen LogP contribution in [0.15, 0.2) is 180 Å². The molecule has 0 bridgehead atoms. The molecule has 12 aromatic rings. The van der Waals surface area contributed by atoms with Crippen molar-refractivity contribution in [1.29, 1.82) is 0 Å². The zero-order valence-corrected chi connectivity index (χ0v) is 29.0. The van der Waals surface area contributed by atoms with Gasteiger partial charge in [0, 0.05) is 43.4 Å². The lowest BCUT2D eigenvalue weighted by Gasteiger charge is -2.16. The Bertz CT molecular complexity index is 3330. The predicted molar refractivity (Wildman–Crippen MR) is 224 cm³/mol. The van der Waals surface area contributed by atoms with Crippen LogP contribution in [0.5, 0.6) is 0 Å². The standard InChI is InChI=1S/C50H29N3O/c1-2-10-30(11-3-1)31-20-22-34(23-21-31)49-38-16-6-7-17-39(38)51-50(52-49)37-26-29-40(36-15-5-4-14-35(36)37)53-41-27-24-32-12-8-18-43-45(32)47(41)48-42(53)28-25-33-13-9-19-44(54-43)46(33)48/h1-29H. The first-order chi connectivity index (χ1) is 26.8. The van der Waals surface area contributed by atoms with E-state index in [0.717, 1.165) is 77.2 Å². The molecule has 9 aromatic carbocycles. The van der Waals surface area contributed by atoms with E-state index in [-0.39, 0.29) is 0 Å². The Hall–Kier alpha value is -7.30. The minimum atomic E-state index is 0.707. The average molecular weight is 688 g/mol. The monoisotopic (exact) mass is 687 g/mol. The summed E-state index contributed by atoms with van der Waals surface area (Å²) in [7, 11) is 0. The molecule has 0 saturated heterocycles. The van der Waals surface area contributed by atoms with Crippen LogP contribution < -0.4 is 0 Å². The van der Waals surface area contributed by atoms with Crippen LogP contribution in [0.2, 0.25) is 0 Å². The number of hydrogen-bond donors (Lipinski definition) is 0. The van der Waals surface area contributed by atoms with Gasteiger partial charge in [-0.25, -0.2) is 9.97 Å². The molecule has 0 aliphatic heterocycles. The molecular formula is C50H29N3O. The summed E-state index contributed by atoms with van der Waals surface area (Å²) in [5, 5.41) is 10.4. The van der Waals surface area contributed by atoms with Gasteiger partial charge in [0.1, 0.15) is 11.2 Å². The molecule has 0 spiro atoms. The predicted octanol–water partition coefficient (Wildman–Crippen LogP) is 13.4. The molecule has 4 heteroatoms. The third kappa shape index (κ3) is 4.13. The Morgan fingerprint density at radius 3 is 1.69 bits per heavy atom. The van der Waals surface area contributed by atoms with Crippen molar-refractivity contribution < 1.29 is 4.42 Å². The van der Waals surface area contributed by atoms with Crippen LogP contribution in [0.3, 0.4) is 0 Å². The van der Waals surface area contributed by atoms with Gasteiger partial charge >= 0.3 is 0 Å². The summed E-state index contributed by atoms with van der Waals surface area (Å²) in [4.78, 5) is 10.5. The molecule has 0 aliphatic rings. The first-order valence-electron chi connectivity index (χ1n) is 18.3. The minimum absolute atomic E-state index is 0.707. The van der Waals surface area contributed by atoms with E-state index in [1.54, 1.807) is 0 Å². The van der Waals surface area contributed by atoms with Gasteiger partial charge in [-0.05, 0) is 69.8 Å². The molecule has 0 saturated carbocycles. The van der Waals surface area contributed by atoms with Crippen LogP contribution in [0.25, 0.3) is 116 Å². The van der Waals surface area contributed by atoms with E-state index in [4.69, 9.17) is 14.4 Å². The van der Waals surface area contributed by atoms with Crippen molar-refractivity contribution in [3.63, 3.8) is 0 Å². The first kappa shape index (κ1) is 29.3. The largest absolute Gasteiger partial charge is 0.456 e. The summed E-state index contributed by atoms with van der Waals surface area (Å²) < 4.78 is 9.11. The Balaban J connectivity index is 1.10. The topological polar surface area (TPSA) is 43.9 Å². The molecule has 0 amide bonds. The smallest absolute Gasteiger partial charge is 0.161 e. The van der Waals surface area contributed by atoms with Crippen molar-refractivity contribution in [3.05, 3.63) is 176 Å². The van der Waals surface area contributed by atoms with E-state index >= 15 is 0 Å². The van der Waals surface area contributed by atoms with E-state index in [0.29, 0.717) is 5.82 Å². The summed E-state index contributed by atoms with van der Waals surface area (Å²) in [5.41, 5.74) is 11.5. The van der Waals surface area contributed by atoms with Gasteiger partial charge in [-0.3, -0.25) is 0 Å². The molecule has 0 fully saturated rings. The van der Waals surface area contributed by atoms with Crippen molar-refractivity contribution in [1.82, 2.24) is 14.5 Å². The van der Waals surface area contributed by atoms with Gasteiger partial charge in [0.15, 0.2) is 5.82 Å². The third-order valence-electron chi connectivity index (χ3n) is 11.2. The lowest BCUT2D eigenvalue weighted by atomic mass is 9.99. The van der Waals surface area contributed by atoms with Crippen LogP contribution in [-0.2, 0) is 0 Å². The molecule has 12 rings (SSSR count). The Kier molecular flexibility index (Phi) is 6.02. The molecule has 0 N–H and O–H groups in total. The summed E-state index contributed by atoms with van der Waals surface area (Å²) in [5.74, 6) is 0.707. The highest BCUT2D eigenvalue weighted by Crippen LogP contribution is 2.46. The number of hydrogen-bond acceptors (Lipinski definition) is 3. The lowest BCUT2D eigenvalue weighted by Crippen LogP contribution is -1.99. The molecule has 3 heterocycles. The van der Waals surface area contributed by atoms with Gasteiger partial charge in [0.2, 0.25) is 0 Å². The normalized spacial score (nSPS) is 12.1. The van der Waals surface area contributed by atoms with Gasteiger partial charge < -0.3 is 8.98 Å². The van der Waals surface area contributed by atoms with Gasteiger partial charge in [-0.1, -0.05) is 133 Å². The van der Waals surface area contributed by atoms with Crippen LogP contribution in [0.4, 0.5) is 0 Å². The number of benzene rings is 9. The quantitative estimate of drug-likeness (QED) is 0.185. The van der Waals surface area contributed by atoms with Gasteiger partial charge in [-0.15, -0.1) is 0 Å². The zero-order chi connectivity index (χ0) is 35.3. The van der Waals surface area contributed by atoms with Gasteiger partial charge in [-0.2, -0.15) is 0 Å². The number of nitrogens with zero attached hydrogens (tertiary/aromatic N) is 3. The van der Waals surface area contributed by atoms with Crippen LogP contribution >= 0.6 is 0 Å². The fraction of sp³-hybridized carbons (Fsp3) is 0. The van der Waals surface area contributed by atoms with Crippen LogP contribution in [-0.4, -0.2) is 14.5 Å². The molecule has 0 unspecified atom stereocenters. The average Bonchev–Trinajstić information content (AvgIpc) is 3.49. The number of rotatable bonds is 4. The SMILES string of the molecule is c1ccc(-c2ccc(-c3nc(-c4ccc(-n5c6ccc7cccc8oc9cccc%10ccc5c(c%109)c6c78)c5ccccc45)nc4ccccc34)cc2)cc1. The zero-order valence-electron chi connectivity index (χ0n) is 29.0. The van der Waals surface area contributed by atoms with Crippen LogP contribution in [0, 0.1) is 0 Å². The highest BCUT2D eigenvalue weighted by atomic mass is 16.3. The molecule has 250 valence electrons. The van der Waals surface area contributed by atoms with Crippen molar-refractivity contribution >= 4 is 76.2 Å². The fourth-order valence-electron chi connectivity index (χ4n) is 8.77. The third-order valence-corrected chi connectivity index (χ3v) is 11.2. The number of aromatic nitrogens is 3. The summed E-state index contributed by atoms with van der Waals surface area (Å²) in [6.07, 6.45) is 0. The summed E-state index contributed by atoms with van der Waals surface area (Å²) >= 11 is 0. The van der Waals surface area contributed by atoms with Gasteiger partial charge in [0.25, 0.3) is 0 Å². The Labute approximate surface area is 309 Å². The maximum absolute atomic E-state index is 6.67. The summed E-state index contributed by atoms with van der Waals surface area (Å²) in [6.45, 7) is 0. The van der Waals surface area contributed by atoms with E-state index in [1.165, 1.54) is 32.7 Å². The van der Waals surface area contributed by atoms with Crippen molar-refractivity contribution in [2.45, 2.75) is 0 Å². The maximum atomic E-state index is 6.67. The molecule has 3 aromatic heterocycles. The molecule has 4 nitrogen and oxygen atoms in total. The Morgan fingerprint density at radius 2 is 0.981 bits per heavy atom. The highest BCUT2D eigenvalue weighted by Gasteiger charge is 2.23. The van der Waals surface area contributed by atoms with Crippen molar-refractivity contribution in [2.75, 3.05) is 0 Å². The van der Waals surface area contributed by atoms with E-state index in [1.807, 2.05) is 6.07 Å². The second kappa shape index (κ2) is 11.1. The fourth-order valence-corrected chi connectivity index (χ4v) is 8.77. The van der Waals surface area contributed by atoms with Crippen molar-refractivity contribution in [3.8, 4) is 39.5 Å². The van der Waals surface area contributed by atoms with E-state index in [2.05, 4.69) is 174 Å². The molecule has 0 atom stereocenters. The van der Waals surface area contributed by atoms with Gasteiger partial charge in [0.05, 0.1) is 27.9 Å². The van der Waals surface area contributed by atoms with Crippen molar-refractivity contribution in [2.24, 2.45) is 0 Å². The highest BCUT2D eigenvalue weighted by molar-refractivity contribution is 6.33. The van der Waals surface area contributed by atoms with E-state index in [9.17, 15) is 0 Å². The Morgan fingerprint density at radius 1 is 0.389 bits per heavy atom. The van der Waals surface area contributed by atoms with Crippen LogP contribution in [0.1, 0.15) is 0 Å². The van der Waals surface area contributed by atoms with E-state index < -0.39 is 0 Å². The number of fused-ring (bicyclic) bond motifs is 2. The maximum Gasteiger partial charge on any atom is 0.161 e. The molecular weight excluding hydrogens is 659 g/mol. The lowest BCUT2D eigenvalue weighted by molar-refractivity contribution is 0.664.